The highest BCUT2D eigenvalue weighted by molar-refractivity contribution is 9.10. The molecule has 0 heterocycles. The highest BCUT2D eigenvalue weighted by atomic mass is 79.9. The Morgan fingerprint density at radius 1 is 1.41 bits per heavy atom. The first kappa shape index (κ1) is 13.4. The van der Waals surface area contributed by atoms with Crippen molar-refractivity contribution in [2.75, 3.05) is 5.75 Å². The second-order valence-corrected chi connectivity index (χ2v) is 6.97. The molecule has 2 rings (SSSR count). The van der Waals surface area contributed by atoms with Gasteiger partial charge in [0.25, 0.3) is 0 Å². The molecule has 1 aromatic rings. The molecule has 1 N–H and O–H groups in total. The van der Waals surface area contributed by atoms with Crippen molar-refractivity contribution in [3.8, 4) is 0 Å². The van der Waals surface area contributed by atoms with E-state index in [9.17, 15) is 0 Å². The van der Waals surface area contributed by atoms with Crippen molar-refractivity contribution in [1.82, 2.24) is 5.32 Å². The zero-order valence-electron chi connectivity index (χ0n) is 10.3. The van der Waals surface area contributed by atoms with Crippen molar-refractivity contribution in [1.29, 1.82) is 0 Å². The van der Waals surface area contributed by atoms with E-state index in [1.807, 2.05) is 0 Å². The number of benzene rings is 1. The number of thioether (sulfide) groups is 1. The Labute approximate surface area is 117 Å². The number of hydrogen-bond donors (Lipinski definition) is 1. The van der Waals surface area contributed by atoms with Crippen LogP contribution in [0.5, 0.6) is 0 Å². The van der Waals surface area contributed by atoms with Crippen LogP contribution < -0.4 is 5.32 Å². The first-order chi connectivity index (χ1) is 8.29. The summed E-state index contributed by atoms with van der Waals surface area (Å²) in [5, 5.41) is 4.54. The van der Waals surface area contributed by atoms with Crippen molar-refractivity contribution in [2.45, 2.75) is 44.0 Å². The quantitative estimate of drug-likeness (QED) is 0.873. The van der Waals surface area contributed by atoms with E-state index in [1.54, 1.807) is 0 Å². The molecule has 2 unspecified atom stereocenters. The van der Waals surface area contributed by atoms with E-state index in [0.717, 1.165) is 11.8 Å². The minimum Gasteiger partial charge on any atom is -0.309 e. The predicted molar refractivity (Wildman–Crippen MR) is 80.5 cm³/mol. The molecular formula is C14H20BrNS. The van der Waals surface area contributed by atoms with Crippen LogP contribution in [0.15, 0.2) is 28.7 Å². The Morgan fingerprint density at radius 3 is 3.06 bits per heavy atom. The van der Waals surface area contributed by atoms with E-state index in [1.165, 1.54) is 35.1 Å². The lowest BCUT2D eigenvalue weighted by Crippen LogP contribution is -2.33. The van der Waals surface area contributed by atoms with Gasteiger partial charge in [0, 0.05) is 22.3 Å². The van der Waals surface area contributed by atoms with Gasteiger partial charge in [-0.25, -0.2) is 0 Å². The molecule has 1 aliphatic carbocycles. The van der Waals surface area contributed by atoms with Gasteiger partial charge in [0.2, 0.25) is 0 Å². The topological polar surface area (TPSA) is 12.0 Å². The molecule has 0 aromatic heterocycles. The van der Waals surface area contributed by atoms with Crippen LogP contribution in [0, 0.1) is 0 Å². The van der Waals surface area contributed by atoms with Crippen molar-refractivity contribution < 1.29 is 0 Å². The van der Waals surface area contributed by atoms with E-state index in [-0.39, 0.29) is 0 Å². The molecule has 0 saturated heterocycles. The second-order valence-electron chi connectivity index (χ2n) is 4.54. The van der Waals surface area contributed by atoms with E-state index < -0.39 is 0 Å². The highest BCUT2D eigenvalue weighted by Crippen LogP contribution is 2.30. The molecule has 0 spiro atoms. The van der Waals surface area contributed by atoms with Gasteiger partial charge < -0.3 is 5.32 Å². The normalized spacial score (nSPS) is 24.1. The lowest BCUT2D eigenvalue weighted by molar-refractivity contribution is 0.532. The number of rotatable bonds is 5. The van der Waals surface area contributed by atoms with Gasteiger partial charge in [0.1, 0.15) is 0 Å². The molecule has 1 nitrogen and oxygen atoms in total. The molecule has 0 amide bonds. The third kappa shape index (κ3) is 4.01. The van der Waals surface area contributed by atoms with Crippen LogP contribution in [-0.2, 0) is 6.54 Å². The van der Waals surface area contributed by atoms with Gasteiger partial charge in [-0.2, -0.15) is 11.8 Å². The van der Waals surface area contributed by atoms with E-state index in [4.69, 9.17) is 0 Å². The van der Waals surface area contributed by atoms with Gasteiger partial charge in [0.15, 0.2) is 0 Å². The van der Waals surface area contributed by atoms with Crippen molar-refractivity contribution in [2.24, 2.45) is 0 Å². The minimum absolute atomic E-state index is 0.707. The van der Waals surface area contributed by atoms with Crippen LogP contribution in [0.2, 0.25) is 0 Å². The maximum absolute atomic E-state index is 3.72. The van der Waals surface area contributed by atoms with Gasteiger partial charge in [-0.15, -0.1) is 0 Å². The summed E-state index contributed by atoms with van der Waals surface area (Å²) in [6, 6.07) is 9.28. The number of nitrogens with one attached hydrogen (secondary N) is 1. The summed E-state index contributed by atoms with van der Waals surface area (Å²) >= 11 is 5.63. The van der Waals surface area contributed by atoms with E-state index in [2.05, 4.69) is 64.2 Å². The fourth-order valence-electron chi connectivity index (χ4n) is 2.47. The van der Waals surface area contributed by atoms with Crippen LogP contribution in [0.25, 0.3) is 0 Å². The maximum Gasteiger partial charge on any atom is 0.0208 e. The standard InChI is InChI=1S/C14H20BrNS/c1-2-17-14-8-4-7-13(14)16-10-11-5-3-6-12(15)9-11/h3,5-6,9,13-14,16H,2,4,7-8,10H2,1H3. The SMILES string of the molecule is CCSC1CCCC1NCc1cccc(Br)c1. The Balaban J connectivity index is 1.85. The molecule has 1 aliphatic rings. The summed E-state index contributed by atoms with van der Waals surface area (Å²) in [6.45, 7) is 3.25. The predicted octanol–water partition coefficient (Wildman–Crippen LogP) is 4.21. The monoisotopic (exact) mass is 313 g/mol. The van der Waals surface area contributed by atoms with Crippen LogP contribution in [0.3, 0.4) is 0 Å². The van der Waals surface area contributed by atoms with E-state index in [0.29, 0.717) is 6.04 Å². The molecule has 17 heavy (non-hydrogen) atoms. The number of hydrogen-bond acceptors (Lipinski definition) is 2. The Morgan fingerprint density at radius 2 is 2.29 bits per heavy atom. The Hall–Kier alpha value is 0.01000. The fourth-order valence-corrected chi connectivity index (χ4v) is 4.14. The molecular weight excluding hydrogens is 294 g/mol. The minimum atomic E-state index is 0.707. The fraction of sp³-hybridized carbons (Fsp3) is 0.571. The summed E-state index contributed by atoms with van der Waals surface area (Å²) in [7, 11) is 0. The summed E-state index contributed by atoms with van der Waals surface area (Å²) in [5.41, 5.74) is 1.37. The van der Waals surface area contributed by atoms with Crippen molar-refractivity contribution in [3.63, 3.8) is 0 Å². The maximum atomic E-state index is 3.72. The van der Waals surface area contributed by atoms with Gasteiger partial charge in [0.05, 0.1) is 0 Å². The summed E-state index contributed by atoms with van der Waals surface area (Å²) in [6.07, 6.45) is 4.11. The smallest absolute Gasteiger partial charge is 0.0208 e. The molecule has 2 atom stereocenters. The van der Waals surface area contributed by atoms with Crippen LogP contribution in [0.4, 0.5) is 0 Å². The summed E-state index contributed by atoms with van der Waals surface area (Å²) < 4.78 is 1.17. The number of halogens is 1. The van der Waals surface area contributed by atoms with Crippen LogP contribution in [-0.4, -0.2) is 17.0 Å². The first-order valence-corrected chi connectivity index (χ1v) is 8.23. The van der Waals surface area contributed by atoms with Gasteiger partial charge >= 0.3 is 0 Å². The summed E-state index contributed by atoms with van der Waals surface area (Å²) in [5.74, 6) is 1.24. The Kier molecular flexibility index (Phi) is 5.39. The molecule has 3 heteroatoms. The zero-order valence-corrected chi connectivity index (χ0v) is 12.7. The van der Waals surface area contributed by atoms with Crippen LogP contribution >= 0.6 is 27.7 Å². The average molecular weight is 314 g/mol. The first-order valence-electron chi connectivity index (χ1n) is 6.39. The average Bonchev–Trinajstić information content (AvgIpc) is 2.75. The molecule has 94 valence electrons. The molecule has 1 fully saturated rings. The second kappa shape index (κ2) is 6.81. The molecule has 0 radical (unpaired) electrons. The Bertz CT molecular complexity index is 356. The van der Waals surface area contributed by atoms with Gasteiger partial charge in [-0.1, -0.05) is 41.4 Å². The van der Waals surface area contributed by atoms with Gasteiger partial charge in [-0.05, 0) is 36.3 Å². The third-order valence-electron chi connectivity index (χ3n) is 3.29. The van der Waals surface area contributed by atoms with Crippen LogP contribution in [0.1, 0.15) is 31.7 Å². The highest BCUT2D eigenvalue weighted by Gasteiger charge is 2.26. The molecule has 0 aliphatic heterocycles. The van der Waals surface area contributed by atoms with E-state index >= 15 is 0 Å². The lowest BCUT2D eigenvalue weighted by Gasteiger charge is -2.20. The van der Waals surface area contributed by atoms with Crippen molar-refractivity contribution >= 4 is 27.7 Å². The lowest BCUT2D eigenvalue weighted by atomic mass is 10.2. The van der Waals surface area contributed by atoms with Crippen molar-refractivity contribution in [3.05, 3.63) is 34.3 Å². The van der Waals surface area contributed by atoms with Gasteiger partial charge in [-0.3, -0.25) is 0 Å². The molecule has 1 saturated carbocycles. The molecule has 0 bridgehead atoms. The molecule has 1 aromatic carbocycles. The summed E-state index contributed by atoms with van der Waals surface area (Å²) in [4.78, 5) is 0. The largest absolute Gasteiger partial charge is 0.309 e. The zero-order chi connectivity index (χ0) is 12.1. The third-order valence-corrected chi connectivity index (χ3v) is 5.11.